The number of fused-ring (bicyclic) bond motifs is 1. The Hall–Kier alpha value is -3.15. The van der Waals surface area contributed by atoms with E-state index in [-0.39, 0.29) is 45.6 Å². The number of ether oxygens (including phenoxy) is 5. The third kappa shape index (κ3) is 4.78. The molecule has 2 unspecified atom stereocenters. The summed E-state index contributed by atoms with van der Waals surface area (Å²) in [6.07, 6.45) is 2.49. The lowest BCUT2D eigenvalue weighted by atomic mass is 9.75. The van der Waals surface area contributed by atoms with Crippen molar-refractivity contribution in [3.05, 3.63) is 34.1 Å². The molecular weight excluding hydrogens is 508 g/mol. The van der Waals surface area contributed by atoms with Crippen LogP contribution in [0, 0.1) is 5.92 Å². The molecule has 1 aliphatic carbocycles. The number of methoxy groups -OCH3 is 2. The van der Waals surface area contributed by atoms with Gasteiger partial charge >= 0.3 is 0 Å². The standard InChI is InChI=1S/C25H29ClN2O9/c1-12-9-14(29)10-17(34-4)25(12)22(30)19-16(33-3)11-15(20(26)21(19)37-25)24(32)28-27-23(31)13(2)36-18-7-5-6-8-35-18/h10-13,18H,5-9H2,1-4H3,(H,27,31)(H,28,32)/t12-,13?,18?,25+/m1/s1. The fourth-order valence-corrected chi connectivity index (χ4v) is 5.01. The Morgan fingerprint density at radius 2 is 1.95 bits per heavy atom. The molecule has 37 heavy (non-hydrogen) atoms. The van der Waals surface area contributed by atoms with Crippen LogP contribution in [0.1, 0.15) is 60.2 Å². The van der Waals surface area contributed by atoms with Crippen LogP contribution in [0.15, 0.2) is 17.9 Å². The van der Waals surface area contributed by atoms with E-state index in [9.17, 15) is 19.2 Å². The van der Waals surface area contributed by atoms with Crippen molar-refractivity contribution in [1.29, 1.82) is 0 Å². The van der Waals surface area contributed by atoms with Crippen LogP contribution in [-0.2, 0) is 23.8 Å². The summed E-state index contributed by atoms with van der Waals surface area (Å²) >= 11 is 6.54. The lowest BCUT2D eigenvalue weighted by molar-refractivity contribution is -0.189. The Morgan fingerprint density at radius 3 is 2.59 bits per heavy atom. The number of allylic oxidation sites excluding steroid dienone is 1. The van der Waals surface area contributed by atoms with Crippen molar-refractivity contribution in [1.82, 2.24) is 10.9 Å². The van der Waals surface area contributed by atoms with Gasteiger partial charge < -0.3 is 23.7 Å². The van der Waals surface area contributed by atoms with Gasteiger partial charge in [-0.1, -0.05) is 18.5 Å². The Balaban J connectivity index is 1.55. The first-order valence-corrected chi connectivity index (χ1v) is 12.3. The van der Waals surface area contributed by atoms with Gasteiger partial charge in [0.2, 0.25) is 11.4 Å². The van der Waals surface area contributed by atoms with E-state index in [1.165, 1.54) is 26.4 Å². The van der Waals surface area contributed by atoms with Crippen LogP contribution in [-0.4, -0.2) is 62.2 Å². The quantitative estimate of drug-likeness (QED) is 0.525. The number of benzene rings is 1. The molecule has 1 aromatic carbocycles. The summed E-state index contributed by atoms with van der Waals surface area (Å²) < 4.78 is 27.9. The fourth-order valence-electron chi connectivity index (χ4n) is 4.73. The molecule has 0 radical (unpaired) electrons. The predicted octanol–water partition coefficient (Wildman–Crippen LogP) is 2.49. The van der Waals surface area contributed by atoms with Crippen molar-refractivity contribution in [3.63, 3.8) is 0 Å². The zero-order chi connectivity index (χ0) is 26.9. The molecule has 2 amide bonds. The molecule has 4 atom stereocenters. The lowest BCUT2D eigenvalue weighted by Gasteiger charge is -2.36. The summed E-state index contributed by atoms with van der Waals surface area (Å²) in [5.41, 5.74) is 2.91. The molecule has 0 saturated carbocycles. The molecule has 1 aromatic rings. The van der Waals surface area contributed by atoms with Crippen LogP contribution >= 0.6 is 11.6 Å². The molecule has 1 saturated heterocycles. The van der Waals surface area contributed by atoms with E-state index >= 15 is 0 Å². The maximum absolute atomic E-state index is 13.6. The third-order valence-electron chi connectivity index (χ3n) is 6.72. The molecule has 200 valence electrons. The van der Waals surface area contributed by atoms with E-state index in [4.69, 9.17) is 35.3 Å². The zero-order valence-electron chi connectivity index (χ0n) is 21.0. The van der Waals surface area contributed by atoms with Gasteiger partial charge in [0.1, 0.15) is 17.4 Å². The Bertz CT molecular complexity index is 1160. The first-order valence-electron chi connectivity index (χ1n) is 11.9. The molecule has 0 bridgehead atoms. The molecule has 2 aliphatic heterocycles. The highest BCUT2D eigenvalue weighted by atomic mass is 35.5. The fraction of sp³-hybridized carbons (Fsp3) is 0.520. The summed E-state index contributed by atoms with van der Waals surface area (Å²) in [6.45, 7) is 3.80. The van der Waals surface area contributed by atoms with Crippen molar-refractivity contribution in [2.45, 2.75) is 57.5 Å². The van der Waals surface area contributed by atoms with Crippen LogP contribution in [0.4, 0.5) is 0 Å². The molecule has 2 N–H and O–H groups in total. The highest BCUT2D eigenvalue weighted by molar-refractivity contribution is 6.37. The number of carbonyl (C=O) groups is 4. The van der Waals surface area contributed by atoms with Gasteiger partial charge in [-0.2, -0.15) is 0 Å². The van der Waals surface area contributed by atoms with Crippen molar-refractivity contribution in [2.75, 3.05) is 20.8 Å². The van der Waals surface area contributed by atoms with Crippen molar-refractivity contribution < 1.29 is 42.9 Å². The minimum atomic E-state index is -1.63. The minimum absolute atomic E-state index is 0.0340. The monoisotopic (exact) mass is 536 g/mol. The summed E-state index contributed by atoms with van der Waals surface area (Å²) in [5, 5.41) is -0.160. The second kappa shape index (κ2) is 10.7. The number of hydrogen-bond donors (Lipinski definition) is 2. The number of rotatable bonds is 6. The largest absolute Gasteiger partial charge is 0.496 e. The van der Waals surface area contributed by atoms with Crippen LogP contribution < -0.4 is 20.3 Å². The average Bonchev–Trinajstić information content (AvgIpc) is 3.20. The molecule has 1 fully saturated rings. The average molecular weight is 537 g/mol. The zero-order valence-corrected chi connectivity index (χ0v) is 21.7. The summed E-state index contributed by atoms with van der Waals surface area (Å²) in [5.74, 6) is -2.62. The number of ketones is 2. The second-order valence-corrected chi connectivity index (χ2v) is 9.49. The maximum Gasteiger partial charge on any atom is 0.271 e. The van der Waals surface area contributed by atoms with Gasteiger partial charge in [0.25, 0.3) is 11.8 Å². The molecule has 1 spiro atoms. The molecule has 11 nitrogen and oxygen atoms in total. The number of hydrogen-bond acceptors (Lipinski definition) is 9. The SMILES string of the molecule is COC1=CC(=O)C[C@@H](C)[C@]12Oc1c(Cl)c(C(=O)NNC(=O)C(C)OC3CCCCO3)cc(OC)c1C2=O. The Labute approximate surface area is 218 Å². The normalized spacial score (nSPS) is 25.6. The van der Waals surface area contributed by atoms with Crippen LogP contribution in [0.25, 0.3) is 0 Å². The van der Waals surface area contributed by atoms with Crippen molar-refractivity contribution in [3.8, 4) is 11.5 Å². The minimum Gasteiger partial charge on any atom is -0.496 e. The van der Waals surface area contributed by atoms with Gasteiger partial charge in [-0.3, -0.25) is 30.0 Å². The van der Waals surface area contributed by atoms with Gasteiger partial charge in [0.15, 0.2) is 23.6 Å². The molecule has 0 aromatic heterocycles. The van der Waals surface area contributed by atoms with Gasteiger partial charge in [-0.25, -0.2) is 0 Å². The van der Waals surface area contributed by atoms with E-state index in [0.29, 0.717) is 13.0 Å². The number of hydrazine groups is 1. The molecule has 2 heterocycles. The molecule has 3 aliphatic rings. The van der Waals surface area contributed by atoms with Gasteiger partial charge in [0.05, 0.1) is 24.8 Å². The van der Waals surface area contributed by atoms with Crippen LogP contribution in [0.3, 0.4) is 0 Å². The topological polar surface area (TPSA) is 138 Å². The first kappa shape index (κ1) is 26.9. The van der Waals surface area contributed by atoms with E-state index < -0.39 is 41.5 Å². The van der Waals surface area contributed by atoms with E-state index in [1.54, 1.807) is 13.8 Å². The highest BCUT2D eigenvalue weighted by Gasteiger charge is 2.60. The maximum atomic E-state index is 13.6. The number of nitrogens with one attached hydrogen (secondary N) is 2. The number of carbonyl (C=O) groups excluding carboxylic acids is 4. The van der Waals surface area contributed by atoms with Crippen molar-refractivity contribution in [2.24, 2.45) is 5.92 Å². The molecular formula is C25H29ClN2O9. The van der Waals surface area contributed by atoms with Gasteiger partial charge in [-0.15, -0.1) is 0 Å². The Kier molecular flexibility index (Phi) is 7.77. The summed E-state index contributed by atoms with van der Waals surface area (Å²) in [7, 11) is 2.67. The summed E-state index contributed by atoms with van der Waals surface area (Å²) in [4.78, 5) is 51.2. The number of amides is 2. The Morgan fingerprint density at radius 1 is 1.19 bits per heavy atom. The third-order valence-corrected chi connectivity index (χ3v) is 7.09. The van der Waals surface area contributed by atoms with Crippen LogP contribution in [0.2, 0.25) is 5.02 Å². The van der Waals surface area contributed by atoms with E-state index in [2.05, 4.69) is 10.9 Å². The van der Waals surface area contributed by atoms with Gasteiger partial charge in [-0.05, 0) is 32.3 Å². The van der Waals surface area contributed by atoms with Gasteiger partial charge in [0, 0.05) is 25.0 Å². The second-order valence-electron chi connectivity index (χ2n) is 9.11. The number of halogens is 1. The first-order chi connectivity index (χ1) is 17.6. The predicted molar refractivity (Wildman–Crippen MR) is 129 cm³/mol. The van der Waals surface area contributed by atoms with E-state index in [1.807, 2.05) is 0 Å². The lowest BCUT2D eigenvalue weighted by Crippen LogP contribution is -2.51. The van der Waals surface area contributed by atoms with Crippen molar-refractivity contribution >= 4 is 35.0 Å². The smallest absolute Gasteiger partial charge is 0.271 e. The van der Waals surface area contributed by atoms with E-state index in [0.717, 1.165) is 12.8 Å². The summed E-state index contributed by atoms with van der Waals surface area (Å²) in [6, 6.07) is 1.29. The highest BCUT2D eigenvalue weighted by Crippen LogP contribution is 2.52. The van der Waals surface area contributed by atoms with Crippen LogP contribution in [0.5, 0.6) is 11.5 Å². The molecule has 12 heteroatoms. The number of Topliss-reactive ketones (excluding diaryl/α,β-unsaturated/α-hetero) is 1. The molecule has 4 rings (SSSR count).